The van der Waals surface area contributed by atoms with Crippen LogP contribution in [-0.4, -0.2) is 47.7 Å². The Hall–Kier alpha value is -0.650. The van der Waals surface area contributed by atoms with E-state index in [1.807, 2.05) is 13.8 Å². The van der Waals surface area contributed by atoms with E-state index < -0.39 is 18.3 Å². The molecule has 5 heteroatoms. The minimum atomic E-state index is -0.751. The molecule has 0 spiro atoms. The van der Waals surface area contributed by atoms with E-state index in [2.05, 4.69) is 0 Å². The highest BCUT2D eigenvalue weighted by molar-refractivity contribution is 5.72. The van der Waals surface area contributed by atoms with Gasteiger partial charge in [-0.05, 0) is 12.8 Å². The molecule has 19 heavy (non-hydrogen) atoms. The van der Waals surface area contributed by atoms with Crippen molar-refractivity contribution in [2.24, 2.45) is 5.92 Å². The van der Waals surface area contributed by atoms with Crippen molar-refractivity contribution in [3.8, 4) is 0 Å². The number of hydrogen-bond donors (Lipinski definition) is 2. The number of ether oxygens (including phenoxy) is 2. The van der Waals surface area contributed by atoms with Gasteiger partial charge in [0, 0.05) is 13.0 Å². The molecule has 1 aliphatic heterocycles. The monoisotopic (exact) mass is 274 g/mol. The van der Waals surface area contributed by atoms with E-state index >= 15 is 0 Å². The van der Waals surface area contributed by atoms with Crippen LogP contribution in [0.25, 0.3) is 0 Å². The first-order chi connectivity index (χ1) is 9.13. The van der Waals surface area contributed by atoms with Crippen molar-refractivity contribution in [3.63, 3.8) is 0 Å². The molecule has 0 aromatic carbocycles. The van der Waals surface area contributed by atoms with Crippen LogP contribution in [0.15, 0.2) is 0 Å². The Morgan fingerprint density at radius 1 is 1.37 bits per heavy atom. The minimum Gasteiger partial charge on any atom is -0.457 e. The van der Waals surface area contributed by atoms with Gasteiger partial charge in [-0.2, -0.15) is 0 Å². The van der Waals surface area contributed by atoms with Crippen LogP contribution in [0.1, 0.15) is 46.0 Å². The lowest BCUT2D eigenvalue weighted by molar-refractivity contribution is -0.191. The fourth-order valence-corrected chi connectivity index (χ4v) is 2.47. The summed E-state index contributed by atoms with van der Waals surface area (Å²) in [6, 6.07) is 0. The van der Waals surface area contributed by atoms with Gasteiger partial charge in [0.05, 0.1) is 18.6 Å². The molecule has 0 aromatic heterocycles. The van der Waals surface area contributed by atoms with E-state index in [4.69, 9.17) is 9.47 Å². The lowest BCUT2D eigenvalue weighted by Crippen LogP contribution is -2.49. The van der Waals surface area contributed by atoms with Crippen LogP contribution in [-0.2, 0) is 14.3 Å². The number of rotatable bonds is 7. The van der Waals surface area contributed by atoms with E-state index in [1.54, 1.807) is 0 Å². The molecule has 1 rings (SSSR count). The third-order valence-corrected chi connectivity index (χ3v) is 3.53. The lowest BCUT2D eigenvalue weighted by Gasteiger charge is -2.34. The van der Waals surface area contributed by atoms with Crippen LogP contribution < -0.4 is 0 Å². The molecule has 1 aliphatic rings. The van der Waals surface area contributed by atoms with E-state index in [0.717, 1.165) is 25.7 Å². The van der Waals surface area contributed by atoms with Crippen LogP contribution >= 0.6 is 0 Å². The highest BCUT2D eigenvalue weighted by Crippen LogP contribution is 2.22. The molecule has 0 saturated carbocycles. The van der Waals surface area contributed by atoms with Gasteiger partial charge >= 0.3 is 5.97 Å². The number of carbonyl (C=O) groups excluding carboxylic acids is 1. The van der Waals surface area contributed by atoms with Crippen LogP contribution in [0.4, 0.5) is 0 Å². The Bertz CT molecular complexity index is 263. The molecule has 1 fully saturated rings. The first-order valence-corrected chi connectivity index (χ1v) is 7.25. The molecule has 1 heterocycles. The normalized spacial score (nSPS) is 27.5. The Morgan fingerprint density at radius 2 is 2.00 bits per heavy atom. The highest BCUT2D eigenvalue weighted by atomic mass is 16.6. The summed E-state index contributed by atoms with van der Waals surface area (Å²) >= 11 is 0. The SMILES string of the molecule is CCCC(CCC)C(=O)OC1C(O)CCOC1CO. The van der Waals surface area contributed by atoms with Gasteiger partial charge < -0.3 is 19.7 Å². The summed E-state index contributed by atoms with van der Waals surface area (Å²) in [4.78, 5) is 12.1. The number of carbonyl (C=O) groups is 1. The zero-order valence-corrected chi connectivity index (χ0v) is 11.9. The topological polar surface area (TPSA) is 76.0 Å². The molecule has 112 valence electrons. The van der Waals surface area contributed by atoms with Crippen molar-refractivity contribution in [3.05, 3.63) is 0 Å². The summed E-state index contributed by atoms with van der Waals surface area (Å²) in [5, 5.41) is 19.1. The van der Waals surface area contributed by atoms with Gasteiger partial charge in [0.1, 0.15) is 6.10 Å². The molecule has 0 radical (unpaired) electrons. The zero-order chi connectivity index (χ0) is 14.3. The third-order valence-electron chi connectivity index (χ3n) is 3.53. The molecular weight excluding hydrogens is 248 g/mol. The van der Waals surface area contributed by atoms with Crippen molar-refractivity contribution in [1.82, 2.24) is 0 Å². The molecule has 3 atom stereocenters. The molecule has 0 aromatic rings. The van der Waals surface area contributed by atoms with Crippen molar-refractivity contribution in [2.75, 3.05) is 13.2 Å². The Balaban J connectivity index is 2.60. The maximum atomic E-state index is 12.1. The van der Waals surface area contributed by atoms with Gasteiger partial charge in [-0.15, -0.1) is 0 Å². The van der Waals surface area contributed by atoms with Gasteiger partial charge in [0.25, 0.3) is 0 Å². The summed E-state index contributed by atoms with van der Waals surface area (Å²) in [6.07, 6.45) is 1.75. The Morgan fingerprint density at radius 3 is 2.53 bits per heavy atom. The molecule has 0 amide bonds. The van der Waals surface area contributed by atoms with Crippen molar-refractivity contribution in [1.29, 1.82) is 0 Å². The average Bonchev–Trinajstić information content (AvgIpc) is 2.40. The Kier molecular flexibility index (Phi) is 7.34. The van der Waals surface area contributed by atoms with Gasteiger partial charge in [-0.3, -0.25) is 4.79 Å². The van der Waals surface area contributed by atoms with Crippen molar-refractivity contribution < 1.29 is 24.5 Å². The van der Waals surface area contributed by atoms with Gasteiger partial charge in [0.15, 0.2) is 6.10 Å². The first-order valence-electron chi connectivity index (χ1n) is 7.25. The number of hydrogen-bond acceptors (Lipinski definition) is 5. The number of aliphatic hydroxyl groups is 2. The second kappa shape index (κ2) is 8.51. The van der Waals surface area contributed by atoms with Crippen LogP contribution in [0.3, 0.4) is 0 Å². The maximum absolute atomic E-state index is 12.1. The number of aliphatic hydroxyl groups excluding tert-OH is 2. The maximum Gasteiger partial charge on any atom is 0.309 e. The van der Waals surface area contributed by atoms with Gasteiger partial charge in [0.2, 0.25) is 0 Å². The summed E-state index contributed by atoms with van der Waals surface area (Å²) in [5.74, 6) is -0.403. The summed E-state index contributed by atoms with van der Waals surface area (Å²) in [7, 11) is 0. The molecule has 1 saturated heterocycles. The second-order valence-corrected chi connectivity index (χ2v) is 5.12. The summed E-state index contributed by atoms with van der Waals surface area (Å²) in [6.45, 7) is 4.20. The molecule has 2 N–H and O–H groups in total. The lowest BCUT2D eigenvalue weighted by atomic mass is 9.97. The summed E-state index contributed by atoms with van der Waals surface area (Å²) in [5.41, 5.74) is 0. The predicted molar refractivity (Wildman–Crippen MR) is 70.6 cm³/mol. The molecule has 3 unspecified atom stereocenters. The zero-order valence-electron chi connectivity index (χ0n) is 11.9. The standard InChI is InChI=1S/C14H26O5/c1-3-5-10(6-4-2)14(17)19-13-11(16)7-8-18-12(13)9-15/h10-13,15-16H,3-9H2,1-2H3. The highest BCUT2D eigenvalue weighted by Gasteiger charge is 2.37. The Labute approximate surface area is 114 Å². The largest absolute Gasteiger partial charge is 0.457 e. The molecular formula is C14H26O5. The van der Waals surface area contributed by atoms with Crippen LogP contribution in [0.2, 0.25) is 0 Å². The second-order valence-electron chi connectivity index (χ2n) is 5.12. The third kappa shape index (κ3) is 4.75. The van der Waals surface area contributed by atoms with E-state index in [0.29, 0.717) is 13.0 Å². The molecule has 0 aliphatic carbocycles. The van der Waals surface area contributed by atoms with E-state index in [-0.39, 0.29) is 18.5 Å². The number of esters is 1. The fraction of sp³-hybridized carbons (Fsp3) is 0.929. The predicted octanol–water partition coefficient (Wildman–Crippen LogP) is 1.26. The smallest absolute Gasteiger partial charge is 0.309 e. The van der Waals surface area contributed by atoms with Gasteiger partial charge in [-0.25, -0.2) is 0 Å². The van der Waals surface area contributed by atoms with Gasteiger partial charge in [-0.1, -0.05) is 26.7 Å². The quantitative estimate of drug-likeness (QED) is 0.683. The fourth-order valence-electron chi connectivity index (χ4n) is 2.47. The average molecular weight is 274 g/mol. The molecule has 5 nitrogen and oxygen atoms in total. The minimum absolute atomic E-state index is 0.122. The van der Waals surface area contributed by atoms with E-state index in [1.165, 1.54) is 0 Å². The van der Waals surface area contributed by atoms with Crippen LogP contribution in [0, 0.1) is 5.92 Å². The van der Waals surface area contributed by atoms with Crippen LogP contribution in [0.5, 0.6) is 0 Å². The first kappa shape index (κ1) is 16.4. The van der Waals surface area contributed by atoms with Crippen molar-refractivity contribution >= 4 is 5.97 Å². The van der Waals surface area contributed by atoms with Crippen molar-refractivity contribution in [2.45, 2.75) is 64.3 Å². The molecule has 0 bridgehead atoms. The summed E-state index contributed by atoms with van der Waals surface area (Å²) < 4.78 is 10.7. The van der Waals surface area contributed by atoms with E-state index in [9.17, 15) is 15.0 Å².